The number of methoxy groups -OCH3 is 1. The third-order valence-corrected chi connectivity index (χ3v) is 3.23. The Kier molecular flexibility index (Phi) is 10.7. The maximum Gasteiger partial charge on any atom is 0.335 e. The zero-order chi connectivity index (χ0) is 19.5. The Labute approximate surface area is 148 Å². The van der Waals surface area contributed by atoms with Gasteiger partial charge < -0.3 is 24.4 Å². The molecule has 142 valence electrons. The molecule has 1 aliphatic rings. The molecular weight excluding hydrogens is 328 g/mol. The van der Waals surface area contributed by atoms with Gasteiger partial charge in [-0.15, -0.1) is 0 Å². The molecular formula is C18H28O7. The van der Waals surface area contributed by atoms with E-state index in [1.165, 1.54) is 20.1 Å². The summed E-state index contributed by atoms with van der Waals surface area (Å²) < 4.78 is 14.2. The summed E-state index contributed by atoms with van der Waals surface area (Å²) in [4.78, 5) is 21.9. The largest absolute Gasteiger partial charge is 0.466 e. The monoisotopic (exact) mass is 356 g/mol. The van der Waals surface area contributed by atoms with Crippen LogP contribution in [0, 0.1) is 0 Å². The Balaban J connectivity index is 0.000000496. The number of carbonyl (C=O) groups excluding carboxylic acids is 2. The highest BCUT2D eigenvalue weighted by atomic mass is 16.7. The lowest BCUT2D eigenvalue weighted by atomic mass is 10.1. The summed E-state index contributed by atoms with van der Waals surface area (Å²) in [5.74, 6) is -2.65. The Morgan fingerprint density at radius 1 is 1.32 bits per heavy atom. The molecule has 2 atom stereocenters. The van der Waals surface area contributed by atoms with Crippen molar-refractivity contribution in [1.82, 2.24) is 0 Å². The summed E-state index contributed by atoms with van der Waals surface area (Å²) in [6.07, 6.45) is 3.30. The SMILES string of the molecule is C=C(CC1CO1)C(=O)OC.C=CC(O)(CCCCO)OC(=O)C(=C)C. The second kappa shape index (κ2) is 11.6. The molecule has 0 aromatic heterocycles. The average molecular weight is 356 g/mol. The lowest BCUT2D eigenvalue weighted by molar-refractivity contribution is -0.188. The van der Waals surface area contributed by atoms with E-state index in [9.17, 15) is 14.7 Å². The number of esters is 2. The van der Waals surface area contributed by atoms with Crippen LogP contribution < -0.4 is 0 Å². The molecule has 7 heteroatoms. The van der Waals surface area contributed by atoms with Crippen molar-refractivity contribution in [2.24, 2.45) is 0 Å². The summed E-state index contributed by atoms with van der Waals surface area (Å²) in [6.45, 7) is 12.7. The molecule has 0 saturated carbocycles. The number of epoxide rings is 1. The quantitative estimate of drug-likeness (QED) is 0.153. The topological polar surface area (TPSA) is 106 Å². The summed E-state index contributed by atoms with van der Waals surface area (Å²) in [5.41, 5.74) is 0.711. The van der Waals surface area contributed by atoms with Crippen LogP contribution in [0.3, 0.4) is 0 Å². The van der Waals surface area contributed by atoms with Crippen molar-refractivity contribution in [2.45, 2.75) is 44.5 Å². The number of hydrogen-bond donors (Lipinski definition) is 2. The van der Waals surface area contributed by atoms with Crippen molar-refractivity contribution in [3.63, 3.8) is 0 Å². The van der Waals surface area contributed by atoms with Gasteiger partial charge in [0.25, 0.3) is 0 Å². The molecule has 25 heavy (non-hydrogen) atoms. The van der Waals surface area contributed by atoms with Crippen LogP contribution in [0.25, 0.3) is 0 Å². The van der Waals surface area contributed by atoms with E-state index < -0.39 is 11.8 Å². The molecule has 2 unspecified atom stereocenters. The van der Waals surface area contributed by atoms with Crippen molar-refractivity contribution in [3.8, 4) is 0 Å². The zero-order valence-electron chi connectivity index (χ0n) is 15.0. The van der Waals surface area contributed by atoms with Crippen LogP contribution in [0.15, 0.2) is 37.0 Å². The predicted molar refractivity (Wildman–Crippen MR) is 92.5 cm³/mol. The van der Waals surface area contributed by atoms with E-state index in [1.807, 2.05) is 0 Å². The maximum absolute atomic E-state index is 11.2. The Morgan fingerprint density at radius 2 is 1.92 bits per heavy atom. The molecule has 1 saturated heterocycles. The first-order valence-corrected chi connectivity index (χ1v) is 7.92. The van der Waals surface area contributed by atoms with Gasteiger partial charge in [0.05, 0.1) is 19.8 Å². The number of rotatable bonds is 10. The van der Waals surface area contributed by atoms with Crippen LogP contribution in [0.1, 0.15) is 32.6 Å². The van der Waals surface area contributed by atoms with Gasteiger partial charge in [-0.1, -0.05) is 19.7 Å². The van der Waals surface area contributed by atoms with Gasteiger partial charge >= 0.3 is 11.9 Å². The van der Waals surface area contributed by atoms with Crippen molar-refractivity contribution in [3.05, 3.63) is 37.0 Å². The minimum atomic E-state index is -1.66. The molecule has 0 bridgehead atoms. The third kappa shape index (κ3) is 10.5. The molecule has 0 aromatic carbocycles. The normalized spacial score (nSPS) is 17.2. The Bertz CT molecular complexity index is 494. The van der Waals surface area contributed by atoms with Crippen LogP contribution in [0.4, 0.5) is 0 Å². The van der Waals surface area contributed by atoms with Gasteiger partial charge in [-0.05, 0) is 25.8 Å². The summed E-state index contributed by atoms with van der Waals surface area (Å²) >= 11 is 0. The highest BCUT2D eigenvalue weighted by molar-refractivity contribution is 5.87. The molecule has 1 heterocycles. The fourth-order valence-electron chi connectivity index (χ4n) is 1.62. The molecule has 0 aromatic rings. The summed E-state index contributed by atoms with van der Waals surface area (Å²) in [5, 5.41) is 18.4. The fourth-order valence-corrected chi connectivity index (χ4v) is 1.62. The van der Waals surface area contributed by atoms with Gasteiger partial charge in [-0.3, -0.25) is 0 Å². The molecule has 0 aliphatic carbocycles. The van der Waals surface area contributed by atoms with Crippen LogP contribution in [0.2, 0.25) is 0 Å². The smallest absolute Gasteiger partial charge is 0.335 e. The molecule has 1 fully saturated rings. The van der Waals surface area contributed by atoms with Crippen LogP contribution in [-0.2, 0) is 23.8 Å². The molecule has 2 N–H and O–H groups in total. The standard InChI is InChI=1S/C11H18O4.C7H10O3/c1-4-11(14,7-5-6-8-12)15-10(13)9(2)3;1-5(7(8)9-2)3-6-4-10-6/h4,12,14H,1-2,5-8H2,3H3;6H,1,3-4H2,2H3. The molecule has 0 amide bonds. The van der Waals surface area contributed by atoms with E-state index in [2.05, 4.69) is 24.5 Å². The molecule has 1 aliphatic heterocycles. The highest BCUT2D eigenvalue weighted by Crippen LogP contribution is 2.19. The van der Waals surface area contributed by atoms with Gasteiger partial charge in [0.15, 0.2) is 0 Å². The second-order valence-corrected chi connectivity index (χ2v) is 5.65. The van der Waals surface area contributed by atoms with E-state index >= 15 is 0 Å². The third-order valence-electron chi connectivity index (χ3n) is 3.23. The van der Waals surface area contributed by atoms with E-state index in [0.717, 1.165) is 6.61 Å². The first kappa shape index (κ1) is 23.0. The van der Waals surface area contributed by atoms with Gasteiger partial charge in [-0.2, -0.15) is 0 Å². The van der Waals surface area contributed by atoms with Crippen molar-refractivity contribution in [2.75, 3.05) is 20.3 Å². The van der Waals surface area contributed by atoms with E-state index in [4.69, 9.17) is 14.6 Å². The number of carbonyl (C=O) groups is 2. The van der Waals surface area contributed by atoms with Crippen molar-refractivity contribution < 1.29 is 34.0 Å². The second-order valence-electron chi connectivity index (χ2n) is 5.65. The lowest BCUT2D eigenvalue weighted by Crippen LogP contribution is -2.32. The molecule has 1 rings (SSSR count). The number of aliphatic hydroxyl groups is 2. The van der Waals surface area contributed by atoms with Gasteiger partial charge in [0.2, 0.25) is 5.79 Å². The van der Waals surface area contributed by atoms with Crippen LogP contribution in [-0.4, -0.2) is 54.4 Å². The molecule has 0 spiro atoms. The fraction of sp³-hybridized carbons (Fsp3) is 0.556. The minimum Gasteiger partial charge on any atom is -0.466 e. The minimum absolute atomic E-state index is 0.0433. The molecule has 0 radical (unpaired) electrons. The van der Waals surface area contributed by atoms with Crippen LogP contribution in [0.5, 0.6) is 0 Å². The summed E-state index contributed by atoms with van der Waals surface area (Å²) in [7, 11) is 1.35. The average Bonchev–Trinajstić information content (AvgIpc) is 3.38. The van der Waals surface area contributed by atoms with Gasteiger partial charge in [0, 0.05) is 30.6 Å². The highest BCUT2D eigenvalue weighted by Gasteiger charge is 2.27. The van der Waals surface area contributed by atoms with Gasteiger partial charge in [-0.25, -0.2) is 9.59 Å². The Morgan fingerprint density at radius 3 is 2.32 bits per heavy atom. The van der Waals surface area contributed by atoms with E-state index in [0.29, 0.717) is 24.8 Å². The number of ether oxygens (including phenoxy) is 3. The van der Waals surface area contributed by atoms with E-state index in [-0.39, 0.29) is 30.7 Å². The van der Waals surface area contributed by atoms with Gasteiger partial charge in [0.1, 0.15) is 0 Å². The zero-order valence-corrected chi connectivity index (χ0v) is 15.0. The lowest BCUT2D eigenvalue weighted by Gasteiger charge is -2.24. The number of unbranched alkanes of at least 4 members (excludes halogenated alkanes) is 1. The summed E-state index contributed by atoms with van der Waals surface area (Å²) in [6, 6.07) is 0. The molecule has 7 nitrogen and oxygen atoms in total. The number of hydrogen-bond acceptors (Lipinski definition) is 7. The predicted octanol–water partition coefficient (Wildman–Crippen LogP) is 1.65. The van der Waals surface area contributed by atoms with Crippen molar-refractivity contribution >= 4 is 11.9 Å². The first-order valence-electron chi connectivity index (χ1n) is 7.92. The van der Waals surface area contributed by atoms with E-state index in [1.54, 1.807) is 0 Å². The first-order chi connectivity index (χ1) is 11.7. The maximum atomic E-state index is 11.2. The Hall–Kier alpha value is -1.96. The van der Waals surface area contributed by atoms with Crippen molar-refractivity contribution in [1.29, 1.82) is 0 Å². The van der Waals surface area contributed by atoms with Crippen LogP contribution >= 0.6 is 0 Å². The number of aliphatic hydroxyl groups excluding tert-OH is 1.